The van der Waals surface area contributed by atoms with E-state index in [4.69, 9.17) is 16.6 Å². The van der Waals surface area contributed by atoms with Gasteiger partial charge in [-0.05, 0) is 23.8 Å². The van der Waals surface area contributed by atoms with Gasteiger partial charge < -0.3 is 0 Å². The number of para-hydroxylation sites is 1. The molecule has 1 heterocycles. The van der Waals surface area contributed by atoms with Crippen LogP contribution in [0.2, 0.25) is 0 Å². The first kappa shape index (κ1) is 15.3. The zero-order chi connectivity index (χ0) is 16.2. The molecule has 0 radical (unpaired) electrons. The van der Waals surface area contributed by atoms with Crippen molar-refractivity contribution < 1.29 is 9.63 Å². The Morgan fingerprint density at radius 3 is 2.57 bits per heavy atom. The molecule has 5 nitrogen and oxygen atoms in total. The zero-order valence-electron chi connectivity index (χ0n) is 12.3. The molecular weight excluding hydrogens is 314 g/mol. The maximum Gasteiger partial charge on any atom is 0.265 e. The lowest BCUT2D eigenvalue weighted by molar-refractivity contribution is 0.0982. The van der Waals surface area contributed by atoms with Gasteiger partial charge in [0.2, 0.25) is 0 Å². The van der Waals surface area contributed by atoms with E-state index in [2.05, 4.69) is 15.3 Å². The van der Waals surface area contributed by atoms with Gasteiger partial charge in [-0.2, -0.15) is 0 Å². The molecule has 0 bridgehead atoms. The summed E-state index contributed by atoms with van der Waals surface area (Å²) < 4.78 is 0. The van der Waals surface area contributed by atoms with Crippen LogP contribution in [0.5, 0.6) is 0 Å². The minimum atomic E-state index is -0.343. The van der Waals surface area contributed by atoms with Crippen LogP contribution >= 0.6 is 11.8 Å². The van der Waals surface area contributed by atoms with E-state index in [9.17, 15) is 4.79 Å². The van der Waals surface area contributed by atoms with Crippen LogP contribution in [0.25, 0.3) is 22.0 Å². The number of carbonyl (C=O) groups excluding carboxylic acids is 1. The Morgan fingerprint density at radius 2 is 1.87 bits per heavy atom. The number of nitrogens with zero attached hydrogens (tertiary/aromatic N) is 1. The molecule has 0 aliphatic heterocycles. The van der Waals surface area contributed by atoms with Crippen molar-refractivity contribution in [2.45, 2.75) is 0 Å². The molecule has 0 spiro atoms. The molecule has 0 fully saturated rings. The molecule has 3 rings (SSSR count). The minimum absolute atomic E-state index is 0.343. The van der Waals surface area contributed by atoms with Gasteiger partial charge in [-0.1, -0.05) is 30.3 Å². The van der Waals surface area contributed by atoms with Gasteiger partial charge in [0.15, 0.2) is 0 Å². The van der Waals surface area contributed by atoms with Crippen molar-refractivity contribution in [2.75, 3.05) is 12.6 Å². The highest BCUT2D eigenvalue weighted by Crippen LogP contribution is 2.33. The molecule has 0 atom stereocenters. The Balaban J connectivity index is 2.11. The van der Waals surface area contributed by atoms with Crippen molar-refractivity contribution in [3.8, 4) is 11.1 Å². The summed E-state index contributed by atoms with van der Waals surface area (Å²) >= 11 is 5.34. The quantitative estimate of drug-likeness (QED) is 0.566. The average Bonchev–Trinajstić information content (AvgIpc) is 2.62. The highest BCUT2D eigenvalue weighted by Gasteiger charge is 2.11. The van der Waals surface area contributed by atoms with Crippen molar-refractivity contribution in [1.82, 2.24) is 9.82 Å². The van der Waals surface area contributed by atoms with E-state index < -0.39 is 0 Å². The molecular formula is C17H14ClN3O2. The van der Waals surface area contributed by atoms with Gasteiger partial charge in [0.25, 0.3) is 5.91 Å². The molecule has 23 heavy (non-hydrogen) atoms. The second kappa shape index (κ2) is 6.64. The van der Waals surface area contributed by atoms with Gasteiger partial charge in [0.1, 0.15) is 0 Å². The summed E-state index contributed by atoms with van der Waals surface area (Å²) in [6.07, 6.45) is 1.78. The van der Waals surface area contributed by atoms with E-state index in [1.807, 2.05) is 36.4 Å². The summed E-state index contributed by atoms with van der Waals surface area (Å²) in [5.74, 6) is -0.343. The third-order valence-corrected chi connectivity index (χ3v) is 3.70. The Kier molecular flexibility index (Phi) is 4.41. The number of carbonyl (C=O) groups is 1. The lowest BCUT2D eigenvalue weighted by Crippen LogP contribution is -2.11. The molecule has 0 unspecified atom stereocenters. The molecule has 1 aromatic heterocycles. The van der Waals surface area contributed by atoms with E-state index in [-0.39, 0.29) is 5.91 Å². The molecule has 0 aliphatic rings. The summed E-state index contributed by atoms with van der Waals surface area (Å²) in [6, 6.07) is 14.9. The monoisotopic (exact) mass is 327 g/mol. The number of hydrogen-bond donors (Lipinski definition) is 2. The van der Waals surface area contributed by atoms with Crippen LogP contribution < -0.4 is 10.3 Å². The molecule has 0 saturated heterocycles. The fourth-order valence-electron chi connectivity index (χ4n) is 2.43. The lowest BCUT2D eigenvalue weighted by atomic mass is 10.0. The van der Waals surface area contributed by atoms with Gasteiger partial charge in [0.05, 0.1) is 18.3 Å². The predicted octanol–water partition coefficient (Wildman–Crippen LogP) is 3.76. The highest BCUT2D eigenvalue weighted by atomic mass is 35.5. The maximum absolute atomic E-state index is 11.5. The third-order valence-electron chi connectivity index (χ3n) is 3.52. The van der Waals surface area contributed by atoms with Crippen LogP contribution in [0.1, 0.15) is 10.4 Å². The number of benzene rings is 2. The normalized spacial score (nSPS) is 10.5. The van der Waals surface area contributed by atoms with Crippen LogP contribution in [-0.4, -0.2) is 18.0 Å². The van der Waals surface area contributed by atoms with E-state index in [1.165, 1.54) is 0 Å². The summed E-state index contributed by atoms with van der Waals surface area (Å²) in [6.45, 7) is 0. The number of hydrogen-bond acceptors (Lipinski definition) is 4. The molecule has 2 aromatic carbocycles. The van der Waals surface area contributed by atoms with Gasteiger partial charge in [0, 0.05) is 34.5 Å². The van der Waals surface area contributed by atoms with E-state index in [0.29, 0.717) is 5.56 Å². The maximum atomic E-state index is 11.5. The molecule has 3 aromatic rings. The number of nitrogens with one attached hydrogen (secondary N) is 2. The number of aromatic nitrogens is 1. The van der Waals surface area contributed by atoms with Crippen molar-refractivity contribution >= 4 is 34.3 Å². The molecule has 1 amide bonds. The Labute approximate surface area is 138 Å². The smallest absolute Gasteiger partial charge is 0.265 e. The summed E-state index contributed by atoms with van der Waals surface area (Å²) in [4.78, 5) is 23.2. The molecule has 0 aliphatic carbocycles. The van der Waals surface area contributed by atoms with Gasteiger partial charge in [-0.3, -0.25) is 24.9 Å². The number of halogens is 1. The van der Waals surface area contributed by atoms with Gasteiger partial charge in [-0.15, -0.1) is 0 Å². The number of amides is 1. The number of pyridine rings is 1. The van der Waals surface area contributed by atoms with Crippen LogP contribution in [-0.2, 0) is 4.84 Å². The Bertz CT molecular complexity index is 850. The topological polar surface area (TPSA) is 63.2 Å². The van der Waals surface area contributed by atoms with Crippen molar-refractivity contribution in [1.29, 1.82) is 0 Å². The molecule has 0 saturated carbocycles. The van der Waals surface area contributed by atoms with E-state index >= 15 is 0 Å². The highest BCUT2D eigenvalue weighted by molar-refractivity contribution is 6.24. The van der Waals surface area contributed by atoms with Crippen LogP contribution in [0.3, 0.4) is 0 Å². The molecule has 116 valence electrons. The van der Waals surface area contributed by atoms with Crippen LogP contribution in [0.4, 0.5) is 5.69 Å². The van der Waals surface area contributed by atoms with Crippen LogP contribution in [0, 0.1) is 0 Å². The molecule has 2 N–H and O–H groups in total. The van der Waals surface area contributed by atoms with Gasteiger partial charge >= 0.3 is 0 Å². The Hall–Kier alpha value is -2.63. The molecule has 6 heteroatoms. The van der Waals surface area contributed by atoms with Crippen molar-refractivity contribution in [3.63, 3.8) is 0 Å². The van der Waals surface area contributed by atoms with E-state index in [0.717, 1.165) is 27.7 Å². The predicted molar refractivity (Wildman–Crippen MR) is 91.1 cm³/mol. The van der Waals surface area contributed by atoms with Crippen LogP contribution in [0.15, 0.2) is 54.7 Å². The first-order valence-corrected chi connectivity index (χ1v) is 7.30. The fraction of sp³-hybridized carbons (Fsp3) is 0.0588. The summed E-state index contributed by atoms with van der Waals surface area (Å²) in [7, 11) is 1.56. The standard InChI is InChI=1S/C17H14ClN3O2/c1-23-21-16-13-4-2-3-5-15(13)19-10-14(16)11-6-8-12(9-7-11)17(22)20-18/h2-10H,1H3,(H,19,21)(H,20,22). The first-order chi connectivity index (χ1) is 11.2. The zero-order valence-corrected chi connectivity index (χ0v) is 13.1. The largest absolute Gasteiger partial charge is 0.279 e. The van der Waals surface area contributed by atoms with Gasteiger partial charge in [-0.25, -0.2) is 0 Å². The third kappa shape index (κ3) is 2.97. The number of rotatable bonds is 4. The Morgan fingerprint density at radius 1 is 1.13 bits per heavy atom. The second-order valence-corrected chi connectivity index (χ2v) is 5.06. The summed E-state index contributed by atoms with van der Waals surface area (Å²) in [5, 5.41) is 0.953. The minimum Gasteiger partial charge on any atom is -0.279 e. The summed E-state index contributed by atoms with van der Waals surface area (Å²) in [5.41, 5.74) is 6.90. The van der Waals surface area contributed by atoms with E-state index in [1.54, 1.807) is 25.4 Å². The van der Waals surface area contributed by atoms with Crippen molar-refractivity contribution in [3.05, 3.63) is 60.3 Å². The number of anilines is 1. The van der Waals surface area contributed by atoms with Crippen molar-refractivity contribution in [2.24, 2.45) is 0 Å². The SMILES string of the molecule is CONc1c(-c2ccc(C(=O)NCl)cc2)cnc2ccccc12. The average molecular weight is 328 g/mol. The fourth-order valence-corrected chi connectivity index (χ4v) is 2.54. The first-order valence-electron chi connectivity index (χ1n) is 6.92. The second-order valence-electron chi connectivity index (χ2n) is 4.87. The lowest BCUT2D eigenvalue weighted by Gasteiger charge is -2.13. The number of fused-ring (bicyclic) bond motifs is 1.